The van der Waals surface area contributed by atoms with E-state index in [9.17, 15) is 0 Å². The molecule has 2 aliphatic heterocycles. The van der Waals surface area contributed by atoms with Crippen molar-refractivity contribution < 1.29 is 0 Å². The quantitative estimate of drug-likeness (QED) is 0.885. The topological polar surface area (TPSA) is 29.3 Å². The molecular weight excluding hydrogens is 220 g/mol. The van der Waals surface area contributed by atoms with Crippen LogP contribution >= 0.6 is 0 Å². The Morgan fingerprint density at radius 2 is 1.72 bits per heavy atom. The van der Waals surface area contributed by atoms with E-state index in [-0.39, 0.29) is 0 Å². The summed E-state index contributed by atoms with van der Waals surface area (Å²) in [6.07, 6.45) is 7.74. The van der Waals surface area contributed by atoms with Crippen LogP contribution in [0.1, 0.15) is 37.7 Å². The number of fused-ring (bicyclic) bond motifs is 2. The normalized spacial score (nSPS) is 32.4. The fourth-order valence-electron chi connectivity index (χ4n) is 3.79. The SMILES string of the molecule is NC1CC2CCCC(C1)N2CCc1ccccc1. The number of benzene rings is 1. The first-order chi connectivity index (χ1) is 8.83. The van der Waals surface area contributed by atoms with Crippen LogP contribution in [0.15, 0.2) is 30.3 Å². The minimum absolute atomic E-state index is 0.452. The van der Waals surface area contributed by atoms with Gasteiger partial charge in [0.15, 0.2) is 0 Å². The third kappa shape index (κ3) is 2.60. The molecule has 0 saturated carbocycles. The Hall–Kier alpha value is -0.860. The van der Waals surface area contributed by atoms with E-state index in [4.69, 9.17) is 5.73 Å². The lowest BCUT2D eigenvalue weighted by Gasteiger charge is -2.48. The predicted octanol–water partition coefficient (Wildman–Crippen LogP) is 2.57. The molecule has 3 rings (SSSR count). The van der Waals surface area contributed by atoms with Crippen molar-refractivity contribution in [3.05, 3.63) is 35.9 Å². The van der Waals surface area contributed by atoms with Gasteiger partial charge in [0.05, 0.1) is 0 Å². The lowest BCUT2D eigenvalue weighted by atomic mass is 9.82. The molecule has 2 heteroatoms. The molecule has 2 atom stereocenters. The molecule has 2 saturated heterocycles. The van der Waals surface area contributed by atoms with Crippen LogP contribution in [0.4, 0.5) is 0 Å². The summed E-state index contributed by atoms with van der Waals surface area (Å²) in [5.41, 5.74) is 7.63. The molecule has 1 aromatic carbocycles. The highest BCUT2D eigenvalue weighted by molar-refractivity contribution is 5.15. The molecule has 2 heterocycles. The molecule has 2 unspecified atom stereocenters. The first-order valence-corrected chi connectivity index (χ1v) is 7.38. The summed E-state index contributed by atoms with van der Waals surface area (Å²) in [5.74, 6) is 0. The van der Waals surface area contributed by atoms with Gasteiger partial charge in [0.25, 0.3) is 0 Å². The van der Waals surface area contributed by atoms with E-state index >= 15 is 0 Å². The maximum absolute atomic E-state index is 6.17. The van der Waals surface area contributed by atoms with Crippen molar-refractivity contribution in [1.82, 2.24) is 4.90 Å². The van der Waals surface area contributed by atoms with E-state index in [2.05, 4.69) is 35.2 Å². The molecule has 0 radical (unpaired) electrons. The Labute approximate surface area is 110 Å². The average Bonchev–Trinajstić information content (AvgIpc) is 2.37. The number of piperidine rings is 2. The van der Waals surface area contributed by atoms with Crippen molar-refractivity contribution in [3.8, 4) is 0 Å². The Bertz CT molecular complexity index is 362. The van der Waals surface area contributed by atoms with Gasteiger partial charge in [-0.1, -0.05) is 36.8 Å². The highest BCUT2D eigenvalue weighted by Gasteiger charge is 2.36. The van der Waals surface area contributed by atoms with E-state index in [1.54, 1.807) is 0 Å². The van der Waals surface area contributed by atoms with Gasteiger partial charge in [-0.3, -0.25) is 4.90 Å². The van der Waals surface area contributed by atoms with Gasteiger partial charge in [0, 0.05) is 24.7 Å². The number of rotatable bonds is 3. The summed E-state index contributed by atoms with van der Waals surface area (Å²) in [5, 5.41) is 0. The Balaban J connectivity index is 1.62. The van der Waals surface area contributed by atoms with Crippen molar-refractivity contribution in [1.29, 1.82) is 0 Å². The van der Waals surface area contributed by atoms with E-state index in [1.807, 2.05) is 0 Å². The Morgan fingerprint density at radius 3 is 2.39 bits per heavy atom. The first kappa shape index (κ1) is 12.2. The van der Waals surface area contributed by atoms with Crippen LogP contribution in [0.25, 0.3) is 0 Å². The van der Waals surface area contributed by atoms with Crippen LogP contribution in [0, 0.1) is 0 Å². The van der Waals surface area contributed by atoms with Crippen molar-refractivity contribution in [2.45, 2.75) is 56.7 Å². The van der Waals surface area contributed by atoms with Crippen molar-refractivity contribution in [3.63, 3.8) is 0 Å². The van der Waals surface area contributed by atoms with Gasteiger partial charge >= 0.3 is 0 Å². The van der Waals surface area contributed by atoms with Crippen LogP contribution in [0.3, 0.4) is 0 Å². The molecular formula is C16H24N2. The number of hydrogen-bond donors (Lipinski definition) is 1. The lowest BCUT2D eigenvalue weighted by molar-refractivity contribution is 0.0327. The second-order valence-corrected chi connectivity index (χ2v) is 5.94. The standard InChI is InChI=1S/C16H24N2/c17-14-11-15-7-4-8-16(12-14)18(15)10-9-13-5-2-1-3-6-13/h1-3,5-6,14-16H,4,7-12,17H2. The molecule has 2 bridgehead atoms. The average molecular weight is 244 g/mol. The van der Waals surface area contributed by atoms with Crippen LogP contribution < -0.4 is 5.73 Å². The van der Waals surface area contributed by atoms with Gasteiger partial charge < -0.3 is 5.73 Å². The highest BCUT2D eigenvalue weighted by Crippen LogP contribution is 2.33. The molecule has 0 spiro atoms. The van der Waals surface area contributed by atoms with Gasteiger partial charge in [-0.25, -0.2) is 0 Å². The molecule has 2 aliphatic rings. The second-order valence-electron chi connectivity index (χ2n) is 5.94. The van der Waals surface area contributed by atoms with Gasteiger partial charge in [-0.2, -0.15) is 0 Å². The van der Waals surface area contributed by atoms with Crippen LogP contribution in [0.5, 0.6) is 0 Å². The van der Waals surface area contributed by atoms with Crippen LogP contribution in [0.2, 0.25) is 0 Å². The fraction of sp³-hybridized carbons (Fsp3) is 0.625. The zero-order valence-corrected chi connectivity index (χ0v) is 11.1. The summed E-state index contributed by atoms with van der Waals surface area (Å²) >= 11 is 0. The zero-order chi connectivity index (χ0) is 12.4. The summed E-state index contributed by atoms with van der Waals surface area (Å²) in [7, 11) is 0. The third-order valence-corrected chi connectivity index (χ3v) is 4.66. The molecule has 0 aliphatic carbocycles. The van der Waals surface area contributed by atoms with Crippen molar-refractivity contribution >= 4 is 0 Å². The molecule has 2 N–H and O–H groups in total. The predicted molar refractivity (Wildman–Crippen MR) is 75.5 cm³/mol. The summed E-state index contributed by atoms with van der Waals surface area (Å²) < 4.78 is 0. The minimum atomic E-state index is 0.452. The minimum Gasteiger partial charge on any atom is -0.328 e. The lowest BCUT2D eigenvalue weighted by Crippen LogP contribution is -2.55. The summed E-state index contributed by atoms with van der Waals surface area (Å²) in [6, 6.07) is 12.8. The number of hydrogen-bond acceptors (Lipinski definition) is 2. The van der Waals surface area contributed by atoms with E-state index in [0.717, 1.165) is 12.1 Å². The number of nitrogens with two attached hydrogens (primary N) is 1. The Kier molecular flexibility index (Phi) is 3.67. The molecule has 1 aromatic rings. The fourth-order valence-corrected chi connectivity index (χ4v) is 3.79. The summed E-state index contributed by atoms with van der Waals surface area (Å²) in [4.78, 5) is 2.75. The molecule has 2 nitrogen and oxygen atoms in total. The van der Waals surface area contributed by atoms with E-state index < -0.39 is 0 Å². The van der Waals surface area contributed by atoms with Gasteiger partial charge in [-0.05, 0) is 37.7 Å². The van der Waals surface area contributed by atoms with E-state index in [0.29, 0.717) is 6.04 Å². The molecule has 0 amide bonds. The molecule has 0 aromatic heterocycles. The first-order valence-electron chi connectivity index (χ1n) is 7.38. The van der Waals surface area contributed by atoms with Gasteiger partial charge in [0.2, 0.25) is 0 Å². The van der Waals surface area contributed by atoms with Crippen molar-refractivity contribution in [2.24, 2.45) is 5.73 Å². The van der Waals surface area contributed by atoms with Crippen molar-refractivity contribution in [2.75, 3.05) is 6.54 Å². The summed E-state index contributed by atoms with van der Waals surface area (Å²) in [6.45, 7) is 1.21. The number of nitrogens with zero attached hydrogens (tertiary/aromatic N) is 1. The van der Waals surface area contributed by atoms with Gasteiger partial charge in [-0.15, -0.1) is 0 Å². The monoisotopic (exact) mass is 244 g/mol. The highest BCUT2D eigenvalue weighted by atomic mass is 15.2. The second kappa shape index (κ2) is 5.41. The maximum Gasteiger partial charge on any atom is 0.0113 e. The maximum atomic E-state index is 6.17. The third-order valence-electron chi connectivity index (χ3n) is 4.66. The van der Waals surface area contributed by atoms with E-state index in [1.165, 1.54) is 50.6 Å². The Morgan fingerprint density at radius 1 is 1.06 bits per heavy atom. The van der Waals surface area contributed by atoms with Gasteiger partial charge in [0.1, 0.15) is 0 Å². The molecule has 18 heavy (non-hydrogen) atoms. The zero-order valence-electron chi connectivity index (χ0n) is 11.1. The smallest absolute Gasteiger partial charge is 0.0113 e. The van der Waals surface area contributed by atoms with Crippen LogP contribution in [-0.2, 0) is 6.42 Å². The largest absolute Gasteiger partial charge is 0.328 e. The molecule has 98 valence electrons. The van der Waals surface area contributed by atoms with Crippen LogP contribution in [-0.4, -0.2) is 29.6 Å². The molecule has 2 fully saturated rings.